The third-order valence-electron chi connectivity index (χ3n) is 3.73. The van der Waals surface area contributed by atoms with Crippen molar-refractivity contribution >= 4 is 23.2 Å². The molecule has 2 heterocycles. The number of nitrogens with one attached hydrogen (secondary N) is 1. The van der Waals surface area contributed by atoms with E-state index < -0.39 is 5.97 Å². The van der Waals surface area contributed by atoms with Gasteiger partial charge in [0.15, 0.2) is 0 Å². The van der Waals surface area contributed by atoms with Crippen molar-refractivity contribution in [2.24, 2.45) is 0 Å². The minimum Gasteiger partial charge on any atom is -0.480 e. The lowest BCUT2D eigenvalue weighted by molar-refractivity contribution is -0.147. The second kappa shape index (κ2) is 7.71. The van der Waals surface area contributed by atoms with Crippen molar-refractivity contribution in [3.63, 3.8) is 0 Å². The molecule has 2 atom stereocenters. The predicted molar refractivity (Wildman–Crippen MR) is 82.5 cm³/mol. The van der Waals surface area contributed by atoms with Crippen molar-refractivity contribution in [2.75, 3.05) is 19.8 Å². The summed E-state index contributed by atoms with van der Waals surface area (Å²) in [5, 5.41) is 13.5. The van der Waals surface area contributed by atoms with E-state index in [1.54, 1.807) is 11.3 Å². The lowest BCUT2D eigenvalue weighted by Crippen LogP contribution is -2.51. The summed E-state index contributed by atoms with van der Waals surface area (Å²) in [6, 6.07) is -0.328. The predicted octanol–water partition coefficient (Wildman–Crippen LogP) is 1.61. The van der Waals surface area contributed by atoms with Crippen LogP contribution < -0.4 is 5.32 Å². The average Bonchev–Trinajstić information content (AvgIpc) is 2.87. The van der Waals surface area contributed by atoms with Gasteiger partial charge in [-0.1, -0.05) is 6.92 Å². The molecular weight excluding hydrogens is 306 g/mol. The minimum absolute atomic E-state index is 0.152. The monoisotopic (exact) mass is 327 g/mol. The highest BCUT2D eigenvalue weighted by molar-refractivity contribution is 7.10. The molecule has 7 heteroatoms. The highest BCUT2D eigenvalue weighted by atomic mass is 32.1. The number of carbonyl (C=O) groups excluding carboxylic acids is 1. The summed E-state index contributed by atoms with van der Waals surface area (Å²) in [4.78, 5) is 24.2. The summed E-state index contributed by atoms with van der Waals surface area (Å²) in [5.74, 6) is -1.17. The highest BCUT2D eigenvalue weighted by Crippen LogP contribution is 2.23. The number of carbonyl (C=O) groups is 2. The minimum atomic E-state index is -1.02. The zero-order chi connectivity index (χ0) is 16.1. The van der Waals surface area contributed by atoms with Crippen molar-refractivity contribution in [1.29, 1.82) is 0 Å². The Balaban J connectivity index is 2.02. The molecule has 6 nitrogen and oxygen atoms in total. The van der Waals surface area contributed by atoms with E-state index in [9.17, 15) is 9.59 Å². The van der Waals surface area contributed by atoms with Gasteiger partial charge in [-0.15, -0.1) is 11.3 Å². The first-order valence-electron chi connectivity index (χ1n) is 7.31. The Hall–Kier alpha value is -1.44. The Morgan fingerprint density at radius 1 is 1.55 bits per heavy atom. The fraction of sp³-hybridized carbons (Fsp3) is 0.600. The van der Waals surface area contributed by atoms with E-state index in [1.807, 2.05) is 19.2 Å². The Labute approximate surface area is 133 Å². The van der Waals surface area contributed by atoms with Gasteiger partial charge in [0.05, 0.1) is 24.3 Å². The fourth-order valence-corrected chi connectivity index (χ4v) is 3.53. The maximum absolute atomic E-state index is 12.5. The Morgan fingerprint density at radius 2 is 2.32 bits per heavy atom. The van der Waals surface area contributed by atoms with Crippen LogP contribution in [0.5, 0.6) is 0 Å². The number of hydrogen-bond donors (Lipinski definition) is 2. The quantitative estimate of drug-likeness (QED) is 0.829. The van der Waals surface area contributed by atoms with Gasteiger partial charge in [0, 0.05) is 16.9 Å². The number of ether oxygens (including phenoxy) is 2. The molecule has 0 unspecified atom stereocenters. The van der Waals surface area contributed by atoms with Crippen molar-refractivity contribution in [3.05, 3.63) is 21.4 Å². The van der Waals surface area contributed by atoms with Crippen LogP contribution in [0.3, 0.4) is 0 Å². The van der Waals surface area contributed by atoms with Crippen molar-refractivity contribution in [3.8, 4) is 0 Å². The maximum atomic E-state index is 12.5. The third-order valence-corrected chi connectivity index (χ3v) is 4.69. The largest absolute Gasteiger partial charge is 0.480 e. The molecule has 2 N–H and O–H groups in total. The molecule has 1 aliphatic heterocycles. The van der Waals surface area contributed by atoms with Crippen molar-refractivity contribution < 1.29 is 24.2 Å². The Kier molecular flexibility index (Phi) is 5.93. The molecule has 1 fully saturated rings. The zero-order valence-electron chi connectivity index (χ0n) is 12.8. The number of carboxylic acids is 1. The molecule has 0 bridgehead atoms. The SMILES string of the molecule is CCc1c(C(=O)N[C@@H]2COCC[C@@H]2OCC(=O)O)csc1C. The molecular formula is C15H21NO5S. The molecule has 1 aliphatic rings. The van der Waals surface area contributed by atoms with Crippen LogP contribution in [0.2, 0.25) is 0 Å². The fourth-order valence-electron chi connectivity index (χ4n) is 2.59. The number of aliphatic carboxylic acids is 1. The molecule has 2 rings (SSSR count). The van der Waals surface area contributed by atoms with Gasteiger partial charge in [0.25, 0.3) is 5.91 Å². The number of rotatable bonds is 6. The van der Waals surface area contributed by atoms with Crippen molar-refractivity contribution in [2.45, 2.75) is 38.8 Å². The third kappa shape index (κ3) is 4.06. The summed E-state index contributed by atoms with van der Waals surface area (Å²) in [5.41, 5.74) is 1.75. The summed E-state index contributed by atoms with van der Waals surface area (Å²) < 4.78 is 10.7. The highest BCUT2D eigenvalue weighted by Gasteiger charge is 2.29. The van der Waals surface area contributed by atoms with E-state index >= 15 is 0 Å². The first-order chi connectivity index (χ1) is 10.5. The number of carboxylic acid groups (broad SMARTS) is 1. The molecule has 0 spiro atoms. The number of thiophene rings is 1. The van der Waals surface area contributed by atoms with Crippen LogP contribution in [0.4, 0.5) is 0 Å². The standard InChI is InChI=1S/C15H21NO5S/c1-3-10-9(2)22-8-11(10)15(19)16-12-6-20-5-4-13(12)21-7-14(17)18/h8,12-13H,3-7H2,1-2H3,(H,16,19)(H,17,18)/t12-,13+/m1/s1. The molecule has 1 aromatic heterocycles. The van der Waals surface area contributed by atoms with Gasteiger partial charge in [-0.3, -0.25) is 4.79 Å². The molecule has 0 aliphatic carbocycles. The summed E-state index contributed by atoms with van der Waals surface area (Å²) in [6.07, 6.45) is 1.04. The van der Waals surface area contributed by atoms with Crippen LogP contribution >= 0.6 is 11.3 Å². The zero-order valence-corrected chi connectivity index (χ0v) is 13.6. The van der Waals surface area contributed by atoms with E-state index in [1.165, 1.54) is 0 Å². The number of amides is 1. The smallest absolute Gasteiger partial charge is 0.329 e. The van der Waals surface area contributed by atoms with Crippen LogP contribution in [-0.4, -0.2) is 48.9 Å². The topological polar surface area (TPSA) is 84.9 Å². The van der Waals surface area contributed by atoms with Gasteiger partial charge in [0.1, 0.15) is 6.61 Å². The van der Waals surface area contributed by atoms with Gasteiger partial charge in [0.2, 0.25) is 0 Å². The van der Waals surface area contributed by atoms with E-state index in [-0.39, 0.29) is 24.7 Å². The van der Waals surface area contributed by atoms with Crippen molar-refractivity contribution in [1.82, 2.24) is 5.32 Å². The Morgan fingerprint density at radius 3 is 3.00 bits per heavy atom. The molecule has 0 aromatic carbocycles. The molecule has 1 amide bonds. The van der Waals surface area contributed by atoms with Crippen LogP contribution in [0.1, 0.15) is 34.1 Å². The molecule has 22 heavy (non-hydrogen) atoms. The van der Waals surface area contributed by atoms with Gasteiger partial charge >= 0.3 is 5.97 Å². The van der Waals surface area contributed by atoms with Crippen LogP contribution in [-0.2, 0) is 20.7 Å². The van der Waals surface area contributed by atoms with Gasteiger partial charge in [-0.05, 0) is 25.3 Å². The summed E-state index contributed by atoms with van der Waals surface area (Å²) in [6.45, 7) is 4.50. The van der Waals surface area contributed by atoms with E-state index in [0.717, 1.165) is 16.9 Å². The van der Waals surface area contributed by atoms with Crippen LogP contribution in [0.15, 0.2) is 5.38 Å². The van der Waals surface area contributed by atoms with Crippen LogP contribution in [0.25, 0.3) is 0 Å². The summed E-state index contributed by atoms with van der Waals surface area (Å²) in [7, 11) is 0. The van der Waals surface area contributed by atoms with Gasteiger partial charge in [-0.2, -0.15) is 0 Å². The Bertz CT molecular complexity index is 542. The van der Waals surface area contributed by atoms with Gasteiger partial charge < -0.3 is 19.9 Å². The average molecular weight is 327 g/mol. The first-order valence-corrected chi connectivity index (χ1v) is 8.19. The number of aryl methyl sites for hydroxylation is 1. The number of hydrogen-bond acceptors (Lipinski definition) is 5. The molecule has 122 valence electrons. The van der Waals surface area contributed by atoms with Gasteiger partial charge in [-0.25, -0.2) is 4.79 Å². The summed E-state index contributed by atoms with van der Waals surface area (Å²) >= 11 is 1.56. The second-order valence-electron chi connectivity index (χ2n) is 5.22. The lowest BCUT2D eigenvalue weighted by Gasteiger charge is -2.31. The molecule has 0 saturated carbocycles. The molecule has 0 radical (unpaired) electrons. The van der Waals surface area contributed by atoms with Crippen LogP contribution in [0, 0.1) is 6.92 Å². The van der Waals surface area contributed by atoms with E-state index in [4.69, 9.17) is 14.6 Å². The van der Waals surface area contributed by atoms with E-state index in [0.29, 0.717) is 25.2 Å². The lowest BCUT2D eigenvalue weighted by atomic mass is 10.0. The normalized spacial score (nSPS) is 21.5. The molecule has 1 aromatic rings. The van der Waals surface area contributed by atoms with E-state index in [2.05, 4.69) is 5.32 Å². The second-order valence-corrected chi connectivity index (χ2v) is 6.31. The maximum Gasteiger partial charge on any atom is 0.329 e. The molecule has 1 saturated heterocycles. The first kappa shape index (κ1) is 16.9.